The Kier molecular flexibility index (Phi) is 4.62. The van der Waals surface area contributed by atoms with E-state index in [0.717, 1.165) is 23.0 Å². The zero-order valence-electron chi connectivity index (χ0n) is 10.9. The zero-order valence-corrected chi connectivity index (χ0v) is 13.2. The monoisotopic (exact) mass is 330 g/mol. The Morgan fingerprint density at radius 2 is 2.10 bits per heavy atom. The highest BCUT2D eigenvalue weighted by Gasteiger charge is 2.17. The van der Waals surface area contributed by atoms with Gasteiger partial charge in [-0.25, -0.2) is 4.98 Å². The summed E-state index contributed by atoms with van der Waals surface area (Å²) in [5.74, 6) is -0.971. The molecule has 0 saturated heterocycles. The number of rotatable bonds is 4. The van der Waals surface area contributed by atoms with Crippen LogP contribution in [0, 0.1) is 13.8 Å². The highest BCUT2D eigenvalue weighted by atomic mass is 35.5. The quantitative estimate of drug-likeness (QED) is 0.861. The first-order valence-electron chi connectivity index (χ1n) is 5.75. The molecule has 20 heavy (non-hydrogen) atoms. The third-order valence-corrected chi connectivity index (χ3v) is 4.43. The van der Waals surface area contributed by atoms with Gasteiger partial charge in [-0.15, -0.1) is 0 Å². The molecule has 2 aromatic rings. The van der Waals surface area contributed by atoms with Crippen LogP contribution in [0.3, 0.4) is 0 Å². The van der Waals surface area contributed by atoms with E-state index in [9.17, 15) is 4.79 Å². The van der Waals surface area contributed by atoms with Crippen molar-refractivity contribution < 1.29 is 9.90 Å². The van der Waals surface area contributed by atoms with Gasteiger partial charge in [0, 0.05) is 11.9 Å². The van der Waals surface area contributed by atoms with Crippen LogP contribution in [0.15, 0.2) is 23.5 Å². The third kappa shape index (κ3) is 2.95. The van der Waals surface area contributed by atoms with Crippen LogP contribution in [-0.2, 0) is 4.79 Å². The smallest absolute Gasteiger partial charge is 0.313 e. The minimum Gasteiger partial charge on any atom is -0.481 e. The molecule has 1 aromatic heterocycles. The molecule has 1 N–H and O–H groups in total. The van der Waals surface area contributed by atoms with Crippen LogP contribution in [0.5, 0.6) is 0 Å². The van der Waals surface area contributed by atoms with Crippen molar-refractivity contribution in [2.45, 2.75) is 19.0 Å². The number of carboxylic acids is 1. The standard InChI is InChI=1S/C13H12Cl2N2O2S/c1-7-3-4-9(14)12(11(7)15)17-8(2)5-16-13(17)20-6-10(18)19/h3-5H,6H2,1-2H3,(H,18,19). The fraction of sp³-hybridized carbons (Fsp3) is 0.231. The summed E-state index contributed by atoms with van der Waals surface area (Å²) in [4.78, 5) is 14.9. The van der Waals surface area contributed by atoms with Gasteiger partial charge in [0.05, 0.1) is 21.5 Å². The first kappa shape index (κ1) is 15.2. The average molecular weight is 331 g/mol. The molecule has 0 radical (unpaired) electrons. The van der Waals surface area contributed by atoms with Crippen LogP contribution in [0.2, 0.25) is 10.0 Å². The van der Waals surface area contributed by atoms with Crippen LogP contribution in [-0.4, -0.2) is 26.4 Å². The summed E-state index contributed by atoms with van der Waals surface area (Å²) in [6.07, 6.45) is 1.67. The van der Waals surface area contributed by atoms with Crippen molar-refractivity contribution >= 4 is 40.9 Å². The Balaban J connectivity index is 2.55. The lowest BCUT2D eigenvalue weighted by Crippen LogP contribution is -2.04. The minimum atomic E-state index is -0.899. The summed E-state index contributed by atoms with van der Waals surface area (Å²) < 4.78 is 1.78. The summed E-state index contributed by atoms with van der Waals surface area (Å²) in [5, 5.41) is 10.4. The first-order chi connectivity index (χ1) is 9.41. The topological polar surface area (TPSA) is 55.1 Å². The normalized spacial score (nSPS) is 10.8. The molecule has 0 fully saturated rings. The van der Waals surface area contributed by atoms with E-state index in [2.05, 4.69) is 4.98 Å². The molecular weight excluding hydrogens is 319 g/mol. The van der Waals surface area contributed by atoms with Crippen molar-refractivity contribution in [3.05, 3.63) is 39.6 Å². The summed E-state index contributed by atoms with van der Waals surface area (Å²) in [6, 6.07) is 3.60. The highest BCUT2D eigenvalue weighted by Crippen LogP contribution is 2.35. The van der Waals surface area contributed by atoms with Crippen LogP contribution >= 0.6 is 35.0 Å². The summed E-state index contributed by atoms with van der Waals surface area (Å²) in [5.41, 5.74) is 2.37. The van der Waals surface area contributed by atoms with Gasteiger partial charge in [-0.1, -0.05) is 41.0 Å². The molecule has 0 bridgehead atoms. The summed E-state index contributed by atoms with van der Waals surface area (Å²) >= 11 is 13.7. The van der Waals surface area contributed by atoms with E-state index in [0.29, 0.717) is 20.9 Å². The molecule has 1 heterocycles. The number of aliphatic carboxylic acids is 1. The molecule has 0 aliphatic rings. The molecule has 0 unspecified atom stereocenters. The molecule has 2 rings (SSSR count). The zero-order chi connectivity index (χ0) is 14.9. The minimum absolute atomic E-state index is 0.0719. The Labute approximate surface area is 130 Å². The SMILES string of the molecule is Cc1ccc(Cl)c(-n2c(C)cnc2SCC(=O)O)c1Cl. The molecule has 0 aliphatic carbocycles. The maximum absolute atomic E-state index is 10.7. The molecule has 0 spiro atoms. The number of aromatic nitrogens is 2. The average Bonchev–Trinajstić information content (AvgIpc) is 2.74. The Bertz CT molecular complexity index is 671. The predicted molar refractivity (Wildman–Crippen MR) is 81.4 cm³/mol. The second-order valence-electron chi connectivity index (χ2n) is 4.23. The van der Waals surface area contributed by atoms with Gasteiger partial charge in [0.1, 0.15) is 0 Å². The Hall–Kier alpha value is -1.17. The van der Waals surface area contributed by atoms with E-state index >= 15 is 0 Å². The summed E-state index contributed by atoms with van der Waals surface area (Å²) in [7, 11) is 0. The van der Waals surface area contributed by atoms with E-state index in [-0.39, 0.29) is 5.75 Å². The number of hydrogen-bond acceptors (Lipinski definition) is 3. The van der Waals surface area contributed by atoms with Crippen molar-refractivity contribution in [1.82, 2.24) is 9.55 Å². The molecule has 7 heteroatoms. The van der Waals surface area contributed by atoms with Crippen molar-refractivity contribution in [3.63, 3.8) is 0 Å². The highest BCUT2D eigenvalue weighted by molar-refractivity contribution is 7.99. The number of halogens is 2. The second-order valence-corrected chi connectivity index (χ2v) is 5.95. The van der Waals surface area contributed by atoms with Gasteiger partial charge < -0.3 is 5.11 Å². The maximum Gasteiger partial charge on any atom is 0.313 e. The van der Waals surface area contributed by atoms with Gasteiger partial charge in [0.25, 0.3) is 0 Å². The summed E-state index contributed by atoms with van der Waals surface area (Å²) in [6.45, 7) is 3.76. The van der Waals surface area contributed by atoms with Crippen molar-refractivity contribution in [1.29, 1.82) is 0 Å². The number of carboxylic acid groups (broad SMARTS) is 1. The van der Waals surface area contributed by atoms with Gasteiger partial charge in [0.15, 0.2) is 5.16 Å². The van der Waals surface area contributed by atoms with E-state index < -0.39 is 5.97 Å². The van der Waals surface area contributed by atoms with Crippen molar-refractivity contribution in [3.8, 4) is 5.69 Å². The van der Waals surface area contributed by atoms with Crippen LogP contribution < -0.4 is 0 Å². The van der Waals surface area contributed by atoms with Gasteiger partial charge in [-0.3, -0.25) is 9.36 Å². The molecule has 0 amide bonds. The molecular formula is C13H12Cl2N2O2S. The Morgan fingerprint density at radius 1 is 1.40 bits per heavy atom. The van der Waals surface area contributed by atoms with E-state index in [4.69, 9.17) is 28.3 Å². The number of imidazole rings is 1. The van der Waals surface area contributed by atoms with Crippen molar-refractivity contribution in [2.24, 2.45) is 0 Å². The molecule has 0 saturated carbocycles. The lowest BCUT2D eigenvalue weighted by atomic mass is 10.2. The third-order valence-electron chi connectivity index (χ3n) is 2.71. The van der Waals surface area contributed by atoms with E-state index in [1.54, 1.807) is 16.8 Å². The largest absolute Gasteiger partial charge is 0.481 e. The maximum atomic E-state index is 10.7. The predicted octanol–water partition coefficient (Wildman–Crippen LogP) is 3.97. The molecule has 106 valence electrons. The first-order valence-corrected chi connectivity index (χ1v) is 7.50. The fourth-order valence-corrected chi connectivity index (χ4v) is 3.05. The van der Waals surface area contributed by atoms with Gasteiger partial charge in [-0.05, 0) is 25.5 Å². The van der Waals surface area contributed by atoms with Gasteiger partial charge in [0.2, 0.25) is 0 Å². The molecule has 4 nitrogen and oxygen atoms in total. The lowest BCUT2D eigenvalue weighted by Gasteiger charge is -2.14. The number of carbonyl (C=O) groups is 1. The number of nitrogens with zero attached hydrogens (tertiary/aromatic N) is 2. The number of hydrogen-bond donors (Lipinski definition) is 1. The lowest BCUT2D eigenvalue weighted by molar-refractivity contribution is -0.133. The van der Waals surface area contributed by atoms with Crippen LogP contribution in [0.1, 0.15) is 11.3 Å². The van der Waals surface area contributed by atoms with Gasteiger partial charge in [-0.2, -0.15) is 0 Å². The van der Waals surface area contributed by atoms with Gasteiger partial charge >= 0.3 is 5.97 Å². The van der Waals surface area contributed by atoms with Crippen LogP contribution in [0.25, 0.3) is 5.69 Å². The fourth-order valence-electron chi connectivity index (χ4n) is 1.76. The second kappa shape index (κ2) is 6.08. The molecule has 0 aliphatic heterocycles. The van der Waals surface area contributed by atoms with E-state index in [1.807, 2.05) is 19.9 Å². The molecule has 1 aromatic carbocycles. The van der Waals surface area contributed by atoms with Crippen molar-refractivity contribution in [2.75, 3.05) is 5.75 Å². The van der Waals surface area contributed by atoms with E-state index in [1.165, 1.54) is 0 Å². The molecule has 0 atom stereocenters. The number of thioether (sulfide) groups is 1. The number of aryl methyl sites for hydroxylation is 2. The number of benzene rings is 1. The van der Waals surface area contributed by atoms with Crippen LogP contribution in [0.4, 0.5) is 0 Å². The Morgan fingerprint density at radius 3 is 2.75 bits per heavy atom.